The Hall–Kier alpha value is -2.34. The topological polar surface area (TPSA) is 80.6 Å². The average molecular weight is 415 g/mol. The molecule has 0 radical (unpaired) electrons. The Labute approximate surface area is 178 Å². The first-order valence-electron chi connectivity index (χ1n) is 10.6. The van der Waals surface area contributed by atoms with Crippen LogP contribution in [0.5, 0.6) is 5.75 Å². The highest BCUT2D eigenvalue weighted by Gasteiger charge is 2.38. The third-order valence-corrected chi connectivity index (χ3v) is 5.87. The smallest absolute Gasteiger partial charge is 0.339 e. The van der Waals surface area contributed by atoms with Gasteiger partial charge in [-0.3, -0.25) is 4.79 Å². The van der Waals surface area contributed by atoms with E-state index in [0.717, 1.165) is 29.4 Å². The normalized spacial score (nSPS) is 19.5. The minimum absolute atomic E-state index is 0.0529. The molecule has 1 atom stereocenters. The van der Waals surface area contributed by atoms with Gasteiger partial charge in [0.25, 0.3) is 5.91 Å². The van der Waals surface area contributed by atoms with Gasteiger partial charge >= 0.3 is 5.63 Å². The van der Waals surface area contributed by atoms with Crippen molar-refractivity contribution in [2.45, 2.75) is 91.5 Å². The molecular formula is C24H34N2O4. The van der Waals surface area contributed by atoms with Gasteiger partial charge in [-0.05, 0) is 91.5 Å². The fourth-order valence-electron chi connectivity index (χ4n) is 4.77. The van der Waals surface area contributed by atoms with Crippen LogP contribution in [0.4, 0.5) is 0 Å². The molecule has 6 heteroatoms. The van der Waals surface area contributed by atoms with Crippen molar-refractivity contribution in [2.75, 3.05) is 0 Å². The molecule has 0 saturated carbocycles. The standard InChI is InChI=1S/C24H34N2O4/c1-13-9-18(20-14(2)15(3)22(28)30-19(20)10-13)29-16(4)21(27)25-17-11-23(5,6)26-24(7,8)12-17/h9-10,16-17,26H,11-12H2,1-8H3,(H,25,27)/t16-/m0/s1. The van der Waals surface area contributed by atoms with E-state index in [1.54, 1.807) is 13.8 Å². The van der Waals surface area contributed by atoms with Gasteiger partial charge in [-0.25, -0.2) is 4.79 Å². The van der Waals surface area contributed by atoms with Gasteiger partial charge in [-0.2, -0.15) is 0 Å². The monoisotopic (exact) mass is 414 g/mol. The number of amides is 1. The number of benzene rings is 1. The summed E-state index contributed by atoms with van der Waals surface area (Å²) < 4.78 is 11.6. The number of hydrogen-bond acceptors (Lipinski definition) is 5. The third kappa shape index (κ3) is 4.69. The molecule has 1 amide bonds. The predicted octanol–water partition coefficient (Wildman–Crippen LogP) is 3.91. The van der Waals surface area contributed by atoms with Crippen molar-refractivity contribution in [1.82, 2.24) is 10.6 Å². The Morgan fingerprint density at radius 1 is 1.13 bits per heavy atom. The molecule has 0 unspecified atom stereocenters. The summed E-state index contributed by atoms with van der Waals surface area (Å²) in [6, 6.07) is 3.78. The molecular weight excluding hydrogens is 380 g/mol. The molecule has 1 aliphatic rings. The number of carbonyl (C=O) groups excluding carboxylic acids is 1. The maximum absolute atomic E-state index is 12.9. The molecule has 0 bridgehead atoms. The number of fused-ring (bicyclic) bond motifs is 1. The lowest BCUT2D eigenvalue weighted by Crippen LogP contribution is -2.62. The van der Waals surface area contributed by atoms with Crippen LogP contribution in [-0.4, -0.2) is 29.1 Å². The summed E-state index contributed by atoms with van der Waals surface area (Å²) in [5, 5.41) is 7.54. The van der Waals surface area contributed by atoms with E-state index in [9.17, 15) is 9.59 Å². The first-order valence-corrected chi connectivity index (χ1v) is 10.6. The van der Waals surface area contributed by atoms with Crippen LogP contribution in [0, 0.1) is 20.8 Å². The van der Waals surface area contributed by atoms with Gasteiger partial charge in [0, 0.05) is 22.7 Å². The molecule has 6 nitrogen and oxygen atoms in total. The van der Waals surface area contributed by atoms with Crippen molar-refractivity contribution in [3.63, 3.8) is 0 Å². The molecule has 2 aromatic rings. The van der Waals surface area contributed by atoms with E-state index in [1.807, 2.05) is 26.0 Å². The highest BCUT2D eigenvalue weighted by molar-refractivity contribution is 5.89. The first-order chi connectivity index (χ1) is 13.8. The summed E-state index contributed by atoms with van der Waals surface area (Å²) in [4.78, 5) is 25.0. The maximum atomic E-state index is 12.9. The number of hydrogen-bond donors (Lipinski definition) is 2. The van der Waals surface area contributed by atoms with Crippen LogP contribution in [0.15, 0.2) is 21.3 Å². The quantitative estimate of drug-likeness (QED) is 0.742. The maximum Gasteiger partial charge on any atom is 0.339 e. The second-order valence-corrected chi connectivity index (χ2v) is 10.0. The molecule has 30 heavy (non-hydrogen) atoms. The first kappa shape index (κ1) is 22.3. The van der Waals surface area contributed by atoms with Crippen LogP contribution in [-0.2, 0) is 4.79 Å². The van der Waals surface area contributed by atoms with Crippen molar-refractivity contribution in [2.24, 2.45) is 0 Å². The summed E-state index contributed by atoms with van der Waals surface area (Å²) in [7, 11) is 0. The summed E-state index contributed by atoms with van der Waals surface area (Å²) in [5.74, 6) is 0.415. The SMILES string of the molecule is Cc1cc(O[C@@H](C)C(=O)NC2CC(C)(C)NC(C)(C)C2)c2c(C)c(C)c(=O)oc2c1. The number of ether oxygens (including phenoxy) is 1. The molecule has 1 fully saturated rings. The van der Waals surface area contributed by atoms with E-state index < -0.39 is 6.10 Å². The zero-order chi connectivity index (χ0) is 22.4. The lowest BCUT2D eigenvalue weighted by Gasteiger charge is -2.46. The number of carbonyl (C=O) groups is 1. The molecule has 1 saturated heterocycles. The highest BCUT2D eigenvalue weighted by atomic mass is 16.5. The Morgan fingerprint density at radius 3 is 2.33 bits per heavy atom. The zero-order valence-corrected chi connectivity index (χ0v) is 19.4. The molecule has 2 N–H and O–H groups in total. The Morgan fingerprint density at radius 2 is 1.73 bits per heavy atom. The highest BCUT2D eigenvalue weighted by Crippen LogP contribution is 2.32. The number of aryl methyl sites for hydroxylation is 2. The summed E-state index contributed by atoms with van der Waals surface area (Å²) in [6.07, 6.45) is 1.03. The van der Waals surface area contributed by atoms with Crippen LogP contribution in [0.25, 0.3) is 11.0 Å². The number of piperidine rings is 1. The van der Waals surface area contributed by atoms with E-state index >= 15 is 0 Å². The Balaban J connectivity index is 1.83. The van der Waals surface area contributed by atoms with E-state index in [4.69, 9.17) is 9.15 Å². The lowest BCUT2D eigenvalue weighted by atomic mass is 9.79. The van der Waals surface area contributed by atoms with Crippen LogP contribution in [0.2, 0.25) is 0 Å². The van der Waals surface area contributed by atoms with Crippen molar-refractivity contribution in [3.8, 4) is 5.75 Å². The number of nitrogens with one attached hydrogen (secondary N) is 2. The van der Waals surface area contributed by atoms with Gasteiger partial charge in [0.2, 0.25) is 0 Å². The van der Waals surface area contributed by atoms with Crippen molar-refractivity contribution >= 4 is 16.9 Å². The van der Waals surface area contributed by atoms with Crippen molar-refractivity contribution in [1.29, 1.82) is 0 Å². The predicted molar refractivity (Wildman–Crippen MR) is 119 cm³/mol. The Bertz CT molecular complexity index is 1020. The minimum Gasteiger partial charge on any atom is -0.480 e. The third-order valence-electron chi connectivity index (χ3n) is 5.87. The fraction of sp³-hybridized carbons (Fsp3) is 0.583. The van der Waals surface area contributed by atoms with Crippen LogP contribution in [0.3, 0.4) is 0 Å². The van der Waals surface area contributed by atoms with E-state index in [2.05, 4.69) is 38.3 Å². The second-order valence-electron chi connectivity index (χ2n) is 10.0. The molecule has 2 heterocycles. The largest absolute Gasteiger partial charge is 0.480 e. The van der Waals surface area contributed by atoms with Gasteiger partial charge in [0.05, 0.1) is 5.39 Å². The Kier molecular flexibility index (Phi) is 5.76. The van der Waals surface area contributed by atoms with E-state index in [0.29, 0.717) is 16.9 Å². The van der Waals surface area contributed by atoms with Gasteiger partial charge in [-0.15, -0.1) is 0 Å². The van der Waals surface area contributed by atoms with Gasteiger partial charge in [0.15, 0.2) is 6.10 Å². The van der Waals surface area contributed by atoms with Crippen LogP contribution in [0.1, 0.15) is 64.2 Å². The zero-order valence-electron chi connectivity index (χ0n) is 19.4. The summed E-state index contributed by atoms with van der Waals surface area (Å²) in [6.45, 7) is 15.9. The second kappa shape index (κ2) is 7.73. The molecule has 0 spiro atoms. The van der Waals surface area contributed by atoms with Gasteiger partial charge in [-0.1, -0.05) is 0 Å². The van der Waals surface area contributed by atoms with Crippen molar-refractivity contribution < 1.29 is 13.9 Å². The lowest BCUT2D eigenvalue weighted by molar-refractivity contribution is -0.128. The molecule has 1 aromatic heterocycles. The minimum atomic E-state index is -0.678. The average Bonchev–Trinajstić information content (AvgIpc) is 2.56. The molecule has 1 aromatic carbocycles. The molecule has 3 rings (SSSR count). The van der Waals surface area contributed by atoms with Crippen LogP contribution < -0.4 is 21.0 Å². The summed E-state index contributed by atoms with van der Waals surface area (Å²) in [5.41, 5.74) is 2.29. The molecule has 164 valence electrons. The van der Waals surface area contributed by atoms with Crippen molar-refractivity contribution in [3.05, 3.63) is 39.2 Å². The van der Waals surface area contributed by atoms with Gasteiger partial charge in [0.1, 0.15) is 11.3 Å². The summed E-state index contributed by atoms with van der Waals surface area (Å²) >= 11 is 0. The van der Waals surface area contributed by atoms with Crippen LogP contribution >= 0.6 is 0 Å². The van der Waals surface area contributed by atoms with E-state index in [1.165, 1.54) is 0 Å². The fourth-order valence-corrected chi connectivity index (χ4v) is 4.77. The van der Waals surface area contributed by atoms with E-state index in [-0.39, 0.29) is 28.7 Å². The number of rotatable bonds is 4. The molecule has 0 aliphatic carbocycles. The van der Waals surface area contributed by atoms with Gasteiger partial charge < -0.3 is 19.8 Å². The molecule has 1 aliphatic heterocycles.